The van der Waals surface area contributed by atoms with E-state index in [0.29, 0.717) is 24.0 Å². The number of rotatable bonds is 9. The molecule has 1 aromatic heterocycles. The first-order chi connectivity index (χ1) is 17.3. The summed E-state index contributed by atoms with van der Waals surface area (Å²) in [7, 11) is -3.70. The SMILES string of the molecule is CCCN1CCN(CCCNC(=O)c2cc(=O)[nH]c3ccc(S(=O)(=O)N4CCCC[C@H]4C)cc23)CC1. The van der Waals surface area contributed by atoms with Crippen molar-refractivity contribution in [2.75, 3.05) is 52.4 Å². The number of aromatic amines is 1. The molecule has 1 amide bonds. The highest BCUT2D eigenvalue weighted by Crippen LogP contribution is 2.27. The van der Waals surface area contributed by atoms with Crippen LogP contribution in [-0.4, -0.2) is 91.8 Å². The average molecular weight is 518 g/mol. The Morgan fingerprint density at radius 3 is 2.47 bits per heavy atom. The number of benzene rings is 1. The van der Waals surface area contributed by atoms with Crippen LogP contribution in [0.5, 0.6) is 0 Å². The molecule has 0 saturated carbocycles. The van der Waals surface area contributed by atoms with Crippen LogP contribution in [0, 0.1) is 0 Å². The van der Waals surface area contributed by atoms with Gasteiger partial charge in [0.1, 0.15) is 0 Å². The number of pyridine rings is 1. The largest absolute Gasteiger partial charge is 0.352 e. The zero-order chi connectivity index (χ0) is 25.7. The van der Waals surface area contributed by atoms with Crippen molar-refractivity contribution < 1.29 is 13.2 Å². The Kier molecular flexibility index (Phi) is 8.82. The van der Waals surface area contributed by atoms with Crippen molar-refractivity contribution in [2.45, 2.75) is 56.9 Å². The molecule has 0 aliphatic carbocycles. The molecule has 0 radical (unpaired) electrons. The maximum Gasteiger partial charge on any atom is 0.252 e. The highest BCUT2D eigenvalue weighted by Gasteiger charge is 2.31. The minimum Gasteiger partial charge on any atom is -0.352 e. The molecule has 0 bridgehead atoms. The number of hydrogen-bond acceptors (Lipinski definition) is 6. The Morgan fingerprint density at radius 2 is 1.78 bits per heavy atom. The van der Waals surface area contributed by atoms with Crippen LogP contribution in [0.2, 0.25) is 0 Å². The fraction of sp³-hybridized carbons (Fsp3) is 0.615. The van der Waals surface area contributed by atoms with Crippen molar-refractivity contribution in [3.8, 4) is 0 Å². The highest BCUT2D eigenvalue weighted by molar-refractivity contribution is 7.89. The van der Waals surface area contributed by atoms with E-state index in [1.165, 1.54) is 24.6 Å². The summed E-state index contributed by atoms with van der Waals surface area (Å²) in [5.41, 5.74) is 0.256. The third kappa shape index (κ3) is 6.16. The molecular formula is C26H39N5O4S. The van der Waals surface area contributed by atoms with Crippen LogP contribution in [0.4, 0.5) is 0 Å². The number of nitrogens with one attached hydrogen (secondary N) is 2. The first kappa shape index (κ1) is 26.8. The molecule has 2 aromatic rings. The molecule has 2 aliphatic rings. The topological polar surface area (TPSA) is 106 Å². The van der Waals surface area contributed by atoms with Crippen molar-refractivity contribution >= 4 is 26.8 Å². The summed E-state index contributed by atoms with van der Waals surface area (Å²) >= 11 is 0. The van der Waals surface area contributed by atoms with E-state index >= 15 is 0 Å². The lowest BCUT2D eigenvalue weighted by molar-refractivity contribution is 0.0949. The molecule has 2 fully saturated rings. The Morgan fingerprint density at radius 1 is 1.06 bits per heavy atom. The predicted octanol–water partition coefficient (Wildman–Crippen LogP) is 2.24. The summed E-state index contributed by atoms with van der Waals surface area (Å²) in [6.07, 6.45) is 4.68. The van der Waals surface area contributed by atoms with E-state index in [0.717, 1.165) is 65.0 Å². The number of amides is 1. The van der Waals surface area contributed by atoms with Gasteiger partial charge in [-0.2, -0.15) is 4.31 Å². The van der Waals surface area contributed by atoms with Crippen molar-refractivity contribution in [1.29, 1.82) is 0 Å². The maximum absolute atomic E-state index is 13.4. The number of H-pyrrole nitrogens is 1. The smallest absolute Gasteiger partial charge is 0.252 e. The molecule has 4 rings (SSSR count). The Labute approximate surface area is 213 Å². The fourth-order valence-corrected chi connectivity index (χ4v) is 7.02. The number of piperazine rings is 1. The zero-order valence-corrected chi connectivity index (χ0v) is 22.3. The van der Waals surface area contributed by atoms with Gasteiger partial charge in [-0.05, 0) is 63.9 Å². The third-order valence-corrected chi connectivity index (χ3v) is 9.36. The number of sulfonamides is 1. The number of aromatic nitrogens is 1. The first-order valence-electron chi connectivity index (χ1n) is 13.2. The Balaban J connectivity index is 1.43. The highest BCUT2D eigenvalue weighted by atomic mass is 32.2. The minimum absolute atomic E-state index is 0.0626. The molecule has 10 heteroatoms. The van der Waals surface area contributed by atoms with Gasteiger partial charge in [0.15, 0.2) is 0 Å². The second-order valence-electron chi connectivity index (χ2n) is 10.0. The van der Waals surface area contributed by atoms with Gasteiger partial charge in [0.25, 0.3) is 5.91 Å². The van der Waals surface area contributed by atoms with E-state index in [1.807, 2.05) is 6.92 Å². The van der Waals surface area contributed by atoms with Crippen molar-refractivity contribution in [1.82, 2.24) is 24.4 Å². The molecule has 9 nitrogen and oxygen atoms in total. The zero-order valence-electron chi connectivity index (χ0n) is 21.5. The van der Waals surface area contributed by atoms with Gasteiger partial charge in [0, 0.05) is 62.3 Å². The van der Waals surface area contributed by atoms with Crippen LogP contribution in [-0.2, 0) is 10.0 Å². The van der Waals surface area contributed by atoms with E-state index in [9.17, 15) is 18.0 Å². The number of piperidine rings is 1. The molecule has 1 aromatic carbocycles. The maximum atomic E-state index is 13.4. The van der Waals surface area contributed by atoms with E-state index in [-0.39, 0.29) is 22.4 Å². The lowest BCUT2D eigenvalue weighted by atomic mass is 10.1. The van der Waals surface area contributed by atoms with Crippen LogP contribution < -0.4 is 10.9 Å². The molecule has 198 valence electrons. The van der Waals surface area contributed by atoms with E-state index in [1.54, 1.807) is 10.4 Å². The van der Waals surface area contributed by atoms with E-state index in [2.05, 4.69) is 27.0 Å². The van der Waals surface area contributed by atoms with Crippen LogP contribution in [0.1, 0.15) is 56.3 Å². The summed E-state index contributed by atoms with van der Waals surface area (Å²) in [5, 5.41) is 3.36. The molecular weight excluding hydrogens is 478 g/mol. The average Bonchev–Trinajstić information content (AvgIpc) is 2.87. The van der Waals surface area contributed by atoms with Gasteiger partial charge in [-0.3, -0.25) is 9.59 Å². The minimum atomic E-state index is -3.70. The summed E-state index contributed by atoms with van der Waals surface area (Å²) in [4.78, 5) is 33.0. The van der Waals surface area contributed by atoms with Gasteiger partial charge < -0.3 is 20.1 Å². The summed E-state index contributed by atoms with van der Waals surface area (Å²) < 4.78 is 28.3. The van der Waals surface area contributed by atoms with Crippen molar-refractivity contribution in [3.05, 3.63) is 40.2 Å². The second kappa shape index (κ2) is 11.9. The molecule has 1 atom stereocenters. The lowest BCUT2D eigenvalue weighted by Crippen LogP contribution is -2.47. The van der Waals surface area contributed by atoms with Crippen molar-refractivity contribution in [2.24, 2.45) is 0 Å². The standard InChI is InChI=1S/C26H39N5O4S/c1-3-11-29-14-16-30(17-15-29)12-6-10-27-26(33)23-19-25(32)28-24-9-8-21(18-22(23)24)36(34,35)31-13-5-4-7-20(31)2/h8-9,18-20H,3-7,10-17H2,1-2H3,(H,27,33)(H,28,32)/t20-/m1/s1. The van der Waals surface area contributed by atoms with Crippen molar-refractivity contribution in [3.63, 3.8) is 0 Å². The summed E-state index contributed by atoms with van der Waals surface area (Å²) in [5.74, 6) is -0.361. The van der Waals surface area contributed by atoms with E-state index in [4.69, 9.17) is 0 Å². The molecule has 0 unspecified atom stereocenters. The van der Waals surface area contributed by atoms with Gasteiger partial charge in [-0.1, -0.05) is 13.3 Å². The van der Waals surface area contributed by atoms with Gasteiger partial charge >= 0.3 is 0 Å². The lowest BCUT2D eigenvalue weighted by Gasteiger charge is -2.34. The molecule has 2 N–H and O–H groups in total. The number of fused-ring (bicyclic) bond motifs is 1. The van der Waals surface area contributed by atoms with Gasteiger partial charge in [0.05, 0.1) is 10.5 Å². The monoisotopic (exact) mass is 517 g/mol. The summed E-state index contributed by atoms with van der Waals surface area (Å²) in [6.45, 7) is 11.4. The molecule has 0 spiro atoms. The van der Waals surface area contributed by atoms with Gasteiger partial charge in [-0.25, -0.2) is 8.42 Å². The number of hydrogen-bond donors (Lipinski definition) is 2. The molecule has 2 aliphatic heterocycles. The quantitative estimate of drug-likeness (QED) is 0.494. The fourth-order valence-electron chi connectivity index (χ4n) is 5.30. The van der Waals surface area contributed by atoms with Gasteiger partial charge in [0.2, 0.25) is 15.6 Å². The Hall–Kier alpha value is -2.27. The molecule has 3 heterocycles. The predicted molar refractivity (Wildman–Crippen MR) is 142 cm³/mol. The van der Waals surface area contributed by atoms with E-state index < -0.39 is 15.6 Å². The van der Waals surface area contributed by atoms with Crippen LogP contribution in [0.25, 0.3) is 10.9 Å². The third-order valence-electron chi connectivity index (χ3n) is 7.35. The summed E-state index contributed by atoms with van der Waals surface area (Å²) in [6, 6.07) is 5.80. The first-order valence-corrected chi connectivity index (χ1v) is 14.7. The van der Waals surface area contributed by atoms with Crippen LogP contribution in [0.15, 0.2) is 34.0 Å². The number of nitrogens with zero attached hydrogens (tertiary/aromatic N) is 3. The normalized spacial score (nSPS) is 20.6. The number of carbonyl (C=O) groups is 1. The van der Waals surface area contributed by atoms with Crippen LogP contribution >= 0.6 is 0 Å². The van der Waals surface area contributed by atoms with Crippen LogP contribution in [0.3, 0.4) is 0 Å². The van der Waals surface area contributed by atoms with Gasteiger partial charge in [-0.15, -0.1) is 0 Å². The molecule has 36 heavy (non-hydrogen) atoms. The number of carbonyl (C=O) groups excluding carboxylic acids is 1. The Bertz CT molecular complexity index is 1220. The second-order valence-corrected chi connectivity index (χ2v) is 11.9. The molecule has 2 saturated heterocycles.